The predicted octanol–water partition coefficient (Wildman–Crippen LogP) is 4.35. The molecule has 0 atom stereocenters. The molecule has 0 radical (unpaired) electrons. The number of pyridine rings is 1. The van der Waals surface area contributed by atoms with Crippen molar-refractivity contribution < 1.29 is 14.8 Å². The Morgan fingerprint density at radius 2 is 1.75 bits per heavy atom. The summed E-state index contributed by atoms with van der Waals surface area (Å²) in [5.74, 6) is -0.319. The standard InChI is InChI=1S/C20H14N4O4/c25-20(26)14-4-8-15(9-5-14)21-19-18(22-17-3-1-2-12-23(17)19)13-6-10-16(11-7-13)24(27)28/h1-12,21H,(H,25,26). The Morgan fingerprint density at radius 1 is 1.04 bits per heavy atom. The van der Waals surface area contributed by atoms with E-state index in [-0.39, 0.29) is 11.3 Å². The van der Waals surface area contributed by atoms with Gasteiger partial charge in [-0.25, -0.2) is 9.78 Å². The highest BCUT2D eigenvalue weighted by atomic mass is 16.6. The van der Waals surface area contributed by atoms with Gasteiger partial charge in [-0.3, -0.25) is 14.5 Å². The van der Waals surface area contributed by atoms with Crippen molar-refractivity contribution in [1.82, 2.24) is 9.38 Å². The average molecular weight is 374 g/mol. The molecule has 0 spiro atoms. The number of hydrogen-bond donors (Lipinski definition) is 2. The van der Waals surface area contributed by atoms with E-state index < -0.39 is 10.9 Å². The van der Waals surface area contributed by atoms with Crippen LogP contribution in [-0.4, -0.2) is 25.4 Å². The second-order valence-corrected chi connectivity index (χ2v) is 6.05. The van der Waals surface area contributed by atoms with Crippen molar-refractivity contribution in [3.05, 3.63) is 88.6 Å². The number of anilines is 2. The molecule has 8 nitrogen and oxygen atoms in total. The SMILES string of the molecule is O=C(O)c1ccc(Nc2c(-c3ccc([N+](=O)[O-])cc3)nc3ccccn23)cc1. The number of imidazole rings is 1. The summed E-state index contributed by atoms with van der Waals surface area (Å²) in [5, 5.41) is 23.2. The van der Waals surface area contributed by atoms with Crippen molar-refractivity contribution in [2.24, 2.45) is 0 Å². The summed E-state index contributed by atoms with van der Waals surface area (Å²) in [6.07, 6.45) is 1.85. The van der Waals surface area contributed by atoms with Crippen molar-refractivity contribution in [3.63, 3.8) is 0 Å². The van der Waals surface area contributed by atoms with E-state index in [9.17, 15) is 14.9 Å². The first-order valence-corrected chi connectivity index (χ1v) is 8.35. The summed E-state index contributed by atoms with van der Waals surface area (Å²) in [7, 11) is 0. The molecule has 0 saturated heterocycles. The molecule has 0 fully saturated rings. The van der Waals surface area contributed by atoms with Crippen molar-refractivity contribution in [1.29, 1.82) is 0 Å². The third-order valence-electron chi connectivity index (χ3n) is 4.28. The number of fused-ring (bicyclic) bond motifs is 1. The monoisotopic (exact) mass is 374 g/mol. The fourth-order valence-electron chi connectivity index (χ4n) is 2.89. The minimum absolute atomic E-state index is 0.00582. The van der Waals surface area contributed by atoms with Crippen LogP contribution in [0.25, 0.3) is 16.9 Å². The molecular formula is C20H14N4O4. The van der Waals surface area contributed by atoms with Gasteiger partial charge in [-0.1, -0.05) is 6.07 Å². The minimum Gasteiger partial charge on any atom is -0.478 e. The normalized spacial score (nSPS) is 10.7. The van der Waals surface area contributed by atoms with Gasteiger partial charge in [-0.05, 0) is 48.5 Å². The zero-order chi connectivity index (χ0) is 19.7. The molecule has 4 aromatic rings. The lowest BCUT2D eigenvalue weighted by Crippen LogP contribution is -1.99. The summed E-state index contributed by atoms with van der Waals surface area (Å²) in [5.41, 5.74) is 2.95. The summed E-state index contributed by atoms with van der Waals surface area (Å²) >= 11 is 0. The summed E-state index contributed by atoms with van der Waals surface area (Å²) in [6.45, 7) is 0. The van der Waals surface area contributed by atoms with E-state index in [4.69, 9.17) is 5.11 Å². The lowest BCUT2D eigenvalue weighted by Gasteiger charge is -2.09. The number of aromatic carboxylic acids is 1. The summed E-state index contributed by atoms with van der Waals surface area (Å²) in [4.78, 5) is 26.1. The van der Waals surface area contributed by atoms with Gasteiger partial charge in [0.15, 0.2) is 0 Å². The van der Waals surface area contributed by atoms with Gasteiger partial charge >= 0.3 is 5.97 Å². The number of nitro benzene ring substituents is 1. The van der Waals surface area contributed by atoms with Gasteiger partial charge in [0.2, 0.25) is 0 Å². The van der Waals surface area contributed by atoms with Crippen LogP contribution in [0.15, 0.2) is 72.9 Å². The van der Waals surface area contributed by atoms with Crippen LogP contribution >= 0.6 is 0 Å². The number of benzene rings is 2. The van der Waals surface area contributed by atoms with Gasteiger partial charge in [0.1, 0.15) is 17.2 Å². The van der Waals surface area contributed by atoms with E-state index in [2.05, 4.69) is 10.3 Å². The van der Waals surface area contributed by atoms with Crippen LogP contribution in [0.2, 0.25) is 0 Å². The number of non-ortho nitro benzene ring substituents is 1. The molecule has 2 N–H and O–H groups in total. The summed E-state index contributed by atoms with van der Waals surface area (Å²) in [6, 6.07) is 18.1. The van der Waals surface area contributed by atoms with Gasteiger partial charge in [0.25, 0.3) is 5.69 Å². The molecule has 0 aliphatic carbocycles. The molecule has 0 aliphatic rings. The van der Waals surface area contributed by atoms with Crippen molar-refractivity contribution in [2.45, 2.75) is 0 Å². The number of nitrogens with one attached hydrogen (secondary N) is 1. The van der Waals surface area contributed by atoms with Crippen LogP contribution in [0.5, 0.6) is 0 Å². The molecule has 2 aromatic carbocycles. The van der Waals surface area contributed by atoms with Gasteiger partial charge in [-0.2, -0.15) is 0 Å². The van der Waals surface area contributed by atoms with E-state index in [1.54, 1.807) is 24.3 Å². The van der Waals surface area contributed by atoms with Crippen LogP contribution in [0, 0.1) is 10.1 Å². The highest BCUT2D eigenvalue weighted by molar-refractivity contribution is 5.88. The first-order chi connectivity index (χ1) is 13.5. The van der Waals surface area contributed by atoms with E-state index in [1.807, 2.05) is 28.8 Å². The first-order valence-electron chi connectivity index (χ1n) is 8.35. The number of carbonyl (C=O) groups is 1. The Labute approximate surface area is 158 Å². The molecule has 0 bridgehead atoms. The van der Waals surface area contributed by atoms with Crippen LogP contribution in [0.4, 0.5) is 17.2 Å². The number of aromatic nitrogens is 2. The van der Waals surface area contributed by atoms with Crippen molar-refractivity contribution in [2.75, 3.05) is 5.32 Å². The zero-order valence-electron chi connectivity index (χ0n) is 14.4. The van der Waals surface area contributed by atoms with E-state index >= 15 is 0 Å². The molecule has 2 heterocycles. The second kappa shape index (κ2) is 6.84. The first kappa shape index (κ1) is 17.2. The molecule has 2 aromatic heterocycles. The Morgan fingerprint density at radius 3 is 2.39 bits per heavy atom. The zero-order valence-corrected chi connectivity index (χ0v) is 14.4. The molecule has 0 amide bonds. The van der Waals surface area contributed by atoms with Gasteiger partial charge in [-0.15, -0.1) is 0 Å². The Balaban J connectivity index is 1.79. The van der Waals surface area contributed by atoms with E-state index in [1.165, 1.54) is 24.3 Å². The number of rotatable bonds is 5. The molecule has 0 unspecified atom stereocenters. The van der Waals surface area contributed by atoms with Crippen molar-refractivity contribution >= 4 is 28.8 Å². The Kier molecular flexibility index (Phi) is 4.21. The van der Waals surface area contributed by atoms with Gasteiger partial charge < -0.3 is 10.4 Å². The number of carboxylic acid groups (broad SMARTS) is 1. The summed E-state index contributed by atoms with van der Waals surface area (Å²) < 4.78 is 1.86. The largest absolute Gasteiger partial charge is 0.478 e. The quantitative estimate of drug-likeness (QED) is 0.397. The molecule has 0 saturated carbocycles. The van der Waals surface area contributed by atoms with Gasteiger partial charge in [0.05, 0.1) is 10.5 Å². The Hall–Kier alpha value is -4.20. The van der Waals surface area contributed by atoms with Crippen LogP contribution < -0.4 is 5.32 Å². The predicted molar refractivity (Wildman–Crippen MR) is 104 cm³/mol. The molecule has 0 aliphatic heterocycles. The van der Waals surface area contributed by atoms with Gasteiger partial charge in [0, 0.05) is 29.6 Å². The fourth-order valence-corrected chi connectivity index (χ4v) is 2.89. The highest BCUT2D eigenvalue weighted by Gasteiger charge is 2.15. The maximum atomic E-state index is 11.0. The van der Waals surface area contributed by atoms with E-state index in [0.717, 1.165) is 5.56 Å². The highest BCUT2D eigenvalue weighted by Crippen LogP contribution is 2.32. The Bertz CT molecular complexity index is 1180. The molecule has 8 heteroatoms. The molecular weight excluding hydrogens is 360 g/mol. The second-order valence-electron chi connectivity index (χ2n) is 6.05. The average Bonchev–Trinajstić information content (AvgIpc) is 3.07. The van der Waals surface area contributed by atoms with E-state index in [0.29, 0.717) is 22.8 Å². The lowest BCUT2D eigenvalue weighted by molar-refractivity contribution is -0.384. The number of carboxylic acids is 1. The maximum absolute atomic E-state index is 11.0. The molecule has 4 rings (SSSR count). The van der Waals surface area contributed by atoms with Crippen LogP contribution in [-0.2, 0) is 0 Å². The fraction of sp³-hybridized carbons (Fsp3) is 0. The minimum atomic E-state index is -0.993. The molecule has 138 valence electrons. The third-order valence-corrected chi connectivity index (χ3v) is 4.28. The van der Waals surface area contributed by atoms with Crippen LogP contribution in [0.3, 0.4) is 0 Å². The number of nitrogens with zero attached hydrogens (tertiary/aromatic N) is 3. The number of nitro groups is 1. The lowest BCUT2D eigenvalue weighted by atomic mass is 10.1. The van der Waals surface area contributed by atoms with Crippen molar-refractivity contribution in [3.8, 4) is 11.3 Å². The third kappa shape index (κ3) is 3.14. The van der Waals surface area contributed by atoms with Crippen LogP contribution in [0.1, 0.15) is 10.4 Å². The number of hydrogen-bond acceptors (Lipinski definition) is 5. The smallest absolute Gasteiger partial charge is 0.335 e. The maximum Gasteiger partial charge on any atom is 0.335 e. The topological polar surface area (TPSA) is 110 Å². The molecule has 28 heavy (non-hydrogen) atoms.